The van der Waals surface area contributed by atoms with Gasteiger partial charge in [0.1, 0.15) is 11.9 Å². The van der Waals surface area contributed by atoms with Gasteiger partial charge in [-0.2, -0.15) is 17.0 Å². The van der Waals surface area contributed by atoms with Crippen molar-refractivity contribution in [3.05, 3.63) is 29.8 Å². The fraction of sp³-hybridized carbons (Fsp3) is 0.611. The summed E-state index contributed by atoms with van der Waals surface area (Å²) < 4.78 is 33.0. The van der Waals surface area contributed by atoms with Gasteiger partial charge in [0.2, 0.25) is 0 Å². The van der Waals surface area contributed by atoms with Crippen LogP contribution in [-0.4, -0.2) is 62.8 Å². The second kappa shape index (κ2) is 9.34. The zero-order valence-electron chi connectivity index (χ0n) is 15.8. The topological polar surface area (TPSA) is 79.0 Å². The van der Waals surface area contributed by atoms with Crippen LogP contribution in [0, 0.1) is 0 Å². The first-order chi connectivity index (χ1) is 12.3. The molecule has 0 spiro atoms. The van der Waals surface area contributed by atoms with E-state index in [2.05, 4.69) is 12.2 Å². The SMILES string of the molecule is CCCCNC(=O)c1cccc(OC2CCN(S(=O)(=O)N(C)C)CC2)c1. The molecule has 1 heterocycles. The number of unbranched alkanes of at least 4 members (excludes halogenated alkanes) is 1. The summed E-state index contributed by atoms with van der Waals surface area (Å²) >= 11 is 0. The van der Waals surface area contributed by atoms with Crippen LogP contribution in [0.25, 0.3) is 0 Å². The van der Waals surface area contributed by atoms with Crippen molar-refractivity contribution in [3.63, 3.8) is 0 Å². The van der Waals surface area contributed by atoms with E-state index in [1.807, 2.05) is 6.07 Å². The molecule has 1 amide bonds. The summed E-state index contributed by atoms with van der Waals surface area (Å²) in [5.74, 6) is 0.540. The van der Waals surface area contributed by atoms with Gasteiger partial charge in [0, 0.05) is 39.3 Å². The third-order valence-electron chi connectivity index (χ3n) is 4.40. The molecule has 1 saturated heterocycles. The molecule has 26 heavy (non-hydrogen) atoms. The van der Waals surface area contributed by atoms with Gasteiger partial charge in [-0.1, -0.05) is 19.4 Å². The lowest BCUT2D eigenvalue weighted by Gasteiger charge is -2.32. The number of piperidine rings is 1. The van der Waals surface area contributed by atoms with Crippen molar-refractivity contribution in [2.75, 3.05) is 33.7 Å². The Morgan fingerprint density at radius 3 is 2.62 bits per heavy atom. The first-order valence-corrected chi connectivity index (χ1v) is 10.5. The van der Waals surface area contributed by atoms with Crippen LogP contribution in [0.1, 0.15) is 43.0 Å². The molecule has 0 saturated carbocycles. The quantitative estimate of drug-likeness (QED) is 0.695. The standard InChI is InChI=1S/C18H29N3O4S/c1-4-5-11-19-18(22)15-7-6-8-17(14-15)25-16-9-12-21(13-10-16)26(23,24)20(2)3/h6-8,14,16H,4-5,9-13H2,1-3H3,(H,19,22). The van der Waals surface area contributed by atoms with E-state index < -0.39 is 10.2 Å². The van der Waals surface area contributed by atoms with Gasteiger partial charge in [-0.15, -0.1) is 0 Å². The van der Waals surface area contributed by atoms with E-state index >= 15 is 0 Å². The molecular formula is C18H29N3O4S. The monoisotopic (exact) mass is 383 g/mol. The molecule has 1 aromatic rings. The van der Waals surface area contributed by atoms with Crippen molar-refractivity contribution in [1.29, 1.82) is 0 Å². The first-order valence-electron chi connectivity index (χ1n) is 9.07. The number of nitrogens with zero attached hydrogens (tertiary/aromatic N) is 2. The number of carbonyl (C=O) groups excluding carboxylic acids is 1. The predicted molar refractivity (Wildman–Crippen MR) is 102 cm³/mol. The Kier molecular flexibility index (Phi) is 7.43. The van der Waals surface area contributed by atoms with Crippen LogP contribution >= 0.6 is 0 Å². The van der Waals surface area contributed by atoms with Gasteiger partial charge in [0.25, 0.3) is 16.1 Å². The number of ether oxygens (including phenoxy) is 1. The summed E-state index contributed by atoms with van der Waals surface area (Å²) in [5.41, 5.74) is 0.575. The summed E-state index contributed by atoms with van der Waals surface area (Å²) in [4.78, 5) is 12.1. The smallest absolute Gasteiger partial charge is 0.281 e. The molecule has 1 aliphatic rings. The van der Waals surface area contributed by atoms with Crippen molar-refractivity contribution < 1.29 is 17.9 Å². The summed E-state index contributed by atoms with van der Waals surface area (Å²) in [7, 11) is -0.294. The Hall–Kier alpha value is -1.64. The van der Waals surface area contributed by atoms with Crippen LogP contribution in [0.3, 0.4) is 0 Å². The lowest BCUT2D eigenvalue weighted by molar-refractivity contribution is 0.0951. The average Bonchev–Trinajstić information content (AvgIpc) is 2.62. The van der Waals surface area contributed by atoms with Crippen LogP contribution in [0.4, 0.5) is 0 Å². The van der Waals surface area contributed by atoms with Crippen molar-refractivity contribution >= 4 is 16.1 Å². The molecule has 0 bridgehead atoms. The van der Waals surface area contributed by atoms with Crippen LogP contribution < -0.4 is 10.1 Å². The number of carbonyl (C=O) groups is 1. The molecule has 0 unspecified atom stereocenters. The van der Waals surface area contributed by atoms with Crippen molar-refractivity contribution in [2.45, 2.75) is 38.7 Å². The molecule has 1 fully saturated rings. The zero-order chi connectivity index (χ0) is 19.2. The highest BCUT2D eigenvalue weighted by atomic mass is 32.2. The van der Waals surface area contributed by atoms with E-state index in [9.17, 15) is 13.2 Å². The largest absolute Gasteiger partial charge is 0.490 e. The van der Waals surface area contributed by atoms with Crippen LogP contribution in [0.5, 0.6) is 5.75 Å². The molecule has 2 rings (SSSR count). The van der Waals surface area contributed by atoms with Crippen molar-refractivity contribution in [2.24, 2.45) is 0 Å². The molecule has 1 aromatic carbocycles. The van der Waals surface area contributed by atoms with E-state index in [1.54, 1.807) is 18.2 Å². The molecule has 0 aliphatic carbocycles. The lowest BCUT2D eigenvalue weighted by Crippen LogP contribution is -2.46. The number of benzene rings is 1. The molecule has 1 aliphatic heterocycles. The zero-order valence-corrected chi connectivity index (χ0v) is 16.6. The number of hydrogen-bond acceptors (Lipinski definition) is 4. The molecule has 146 valence electrons. The van der Waals surface area contributed by atoms with Gasteiger partial charge >= 0.3 is 0 Å². The summed E-state index contributed by atoms with van der Waals surface area (Å²) in [5, 5.41) is 2.89. The summed E-state index contributed by atoms with van der Waals surface area (Å²) in [6.07, 6.45) is 3.18. The lowest BCUT2D eigenvalue weighted by atomic mass is 10.1. The Morgan fingerprint density at radius 2 is 2.00 bits per heavy atom. The Balaban J connectivity index is 1.90. The van der Waals surface area contributed by atoms with E-state index in [0.717, 1.165) is 12.8 Å². The highest BCUT2D eigenvalue weighted by Crippen LogP contribution is 2.22. The van der Waals surface area contributed by atoms with Crippen LogP contribution in [-0.2, 0) is 10.2 Å². The van der Waals surface area contributed by atoms with E-state index in [0.29, 0.717) is 43.8 Å². The van der Waals surface area contributed by atoms with Gasteiger partial charge in [-0.25, -0.2) is 0 Å². The van der Waals surface area contributed by atoms with Crippen molar-refractivity contribution in [3.8, 4) is 5.75 Å². The average molecular weight is 384 g/mol. The first kappa shape index (κ1) is 20.7. The number of amides is 1. The molecule has 0 radical (unpaired) electrons. The third-order valence-corrected chi connectivity index (χ3v) is 6.34. The molecular weight excluding hydrogens is 354 g/mol. The van der Waals surface area contributed by atoms with E-state index in [1.165, 1.54) is 22.7 Å². The van der Waals surface area contributed by atoms with Gasteiger partial charge in [-0.05, 0) is 37.5 Å². The van der Waals surface area contributed by atoms with Gasteiger partial charge in [0.15, 0.2) is 0 Å². The minimum Gasteiger partial charge on any atom is -0.490 e. The second-order valence-corrected chi connectivity index (χ2v) is 8.79. The number of hydrogen-bond donors (Lipinski definition) is 1. The van der Waals surface area contributed by atoms with Crippen LogP contribution in [0.15, 0.2) is 24.3 Å². The maximum absolute atomic E-state index is 12.1. The molecule has 1 N–H and O–H groups in total. The number of rotatable bonds is 8. The third kappa shape index (κ3) is 5.43. The Labute approximate surface area is 156 Å². The number of nitrogens with one attached hydrogen (secondary N) is 1. The molecule has 0 atom stereocenters. The minimum atomic E-state index is -3.37. The maximum Gasteiger partial charge on any atom is 0.281 e. The second-order valence-electron chi connectivity index (χ2n) is 6.64. The normalized spacial score (nSPS) is 16.6. The molecule has 0 aromatic heterocycles. The minimum absolute atomic E-state index is 0.0537. The molecule has 7 nitrogen and oxygen atoms in total. The van der Waals surface area contributed by atoms with Gasteiger partial charge in [0.05, 0.1) is 0 Å². The van der Waals surface area contributed by atoms with Gasteiger partial charge in [-0.3, -0.25) is 4.79 Å². The summed E-state index contributed by atoms with van der Waals surface area (Å²) in [6.45, 7) is 3.61. The van der Waals surface area contributed by atoms with E-state index in [-0.39, 0.29) is 12.0 Å². The van der Waals surface area contributed by atoms with E-state index in [4.69, 9.17) is 4.74 Å². The Bertz CT molecular complexity index is 698. The highest BCUT2D eigenvalue weighted by Gasteiger charge is 2.30. The van der Waals surface area contributed by atoms with Crippen LogP contribution in [0.2, 0.25) is 0 Å². The summed E-state index contributed by atoms with van der Waals surface area (Å²) in [6, 6.07) is 7.13. The Morgan fingerprint density at radius 1 is 1.31 bits per heavy atom. The highest BCUT2D eigenvalue weighted by molar-refractivity contribution is 7.86. The predicted octanol–water partition coefficient (Wildman–Crippen LogP) is 1.87. The fourth-order valence-corrected chi connectivity index (χ4v) is 3.93. The fourth-order valence-electron chi connectivity index (χ4n) is 2.80. The van der Waals surface area contributed by atoms with Crippen molar-refractivity contribution in [1.82, 2.24) is 13.9 Å². The maximum atomic E-state index is 12.1. The molecule has 8 heteroatoms. The van der Waals surface area contributed by atoms with Gasteiger partial charge < -0.3 is 10.1 Å².